The van der Waals surface area contributed by atoms with E-state index in [-0.39, 0.29) is 0 Å². The molecular formula is C14H19ClOSi. The SMILES string of the molecule is CC[Si]1(CC)OC[C@]2(c3cccc(Cl)c3)CC21. The molecule has 0 bridgehead atoms. The molecular weight excluding hydrogens is 248 g/mol. The first-order valence-corrected chi connectivity index (χ1v) is 9.34. The van der Waals surface area contributed by atoms with Crippen LogP contribution in [0.5, 0.6) is 0 Å². The zero-order valence-electron chi connectivity index (χ0n) is 10.5. The molecule has 2 fully saturated rings. The molecule has 2 aliphatic rings. The summed E-state index contributed by atoms with van der Waals surface area (Å²) in [6.07, 6.45) is 1.33. The molecule has 92 valence electrons. The van der Waals surface area contributed by atoms with Gasteiger partial charge in [0, 0.05) is 17.0 Å². The first kappa shape index (κ1) is 11.8. The Kier molecular flexibility index (Phi) is 2.66. The molecule has 3 rings (SSSR count). The van der Waals surface area contributed by atoms with Crippen molar-refractivity contribution in [1.82, 2.24) is 0 Å². The summed E-state index contributed by atoms with van der Waals surface area (Å²) < 4.78 is 6.29. The van der Waals surface area contributed by atoms with E-state index in [2.05, 4.69) is 32.0 Å². The van der Waals surface area contributed by atoms with Gasteiger partial charge in [0.25, 0.3) is 0 Å². The average Bonchev–Trinajstić information content (AvgIpc) is 3.02. The van der Waals surface area contributed by atoms with Gasteiger partial charge in [-0.2, -0.15) is 0 Å². The first-order valence-electron chi connectivity index (χ1n) is 6.57. The summed E-state index contributed by atoms with van der Waals surface area (Å²) in [5, 5.41) is 0.856. The summed E-state index contributed by atoms with van der Waals surface area (Å²) in [6, 6.07) is 10.9. The highest BCUT2D eigenvalue weighted by Crippen LogP contribution is 2.70. The second-order valence-electron chi connectivity index (χ2n) is 5.48. The van der Waals surface area contributed by atoms with Crippen LogP contribution in [0.3, 0.4) is 0 Å². The summed E-state index contributed by atoms with van der Waals surface area (Å²) in [6.45, 7) is 5.55. The minimum absolute atomic E-state index is 0.336. The van der Waals surface area contributed by atoms with Gasteiger partial charge in [0.05, 0.1) is 0 Å². The predicted molar refractivity (Wildman–Crippen MR) is 74.2 cm³/mol. The smallest absolute Gasteiger partial charge is 0.196 e. The number of fused-ring (bicyclic) bond motifs is 1. The van der Waals surface area contributed by atoms with E-state index in [1.54, 1.807) is 0 Å². The van der Waals surface area contributed by atoms with Gasteiger partial charge in [-0.05, 0) is 41.7 Å². The predicted octanol–water partition coefficient (Wildman–Crippen LogP) is 4.37. The Morgan fingerprint density at radius 1 is 1.41 bits per heavy atom. The summed E-state index contributed by atoms with van der Waals surface area (Å²) in [4.78, 5) is 0. The van der Waals surface area contributed by atoms with E-state index in [9.17, 15) is 0 Å². The number of hydrogen-bond acceptors (Lipinski definition) is 1. The van der Waals surface area contributed by atoms with Crippen molar-refractivity contribution in [3.8, 4) is 0 Å². The molecule has 1 heterocycles. The number of rotatable bonds is 3. The van der Waals surface area contributed by atoms with Crippen molar-refractivity contribution in [3.63, 3.8) is 0 Å². The van der Waals surface area contributed by atoms with Gasteiger partial charge in [-0.15, -0.1) is 0 Å². The van der Waals surface area contributed by atoms with E-state index in [0.717, 1.165) is 17.2 Å². The van der Waals surface area contributed by atoms with Crippen molar-refractivity contribution >= 4 is 19.9 Å². The van der Waals surface area contributed by atoms with Gasteiger partial charge in [0.15, 0.2) is 8.32 Å². The van der Waals surface area contributed by atoms with E-state index in [0.29, 0.717) is 5.41 Å². The molecule has 1 aliphatic carbocycles. The van der Waals surface area contributed by atoms with Crippen molar-refractivity contribution in [2.75, 3.05) is 6.61 Å². The molecule has 3 heteroatoms. The lowest BCUT2D eigenvalue weighted by atomic mass is 9.97. The Bertz CT molecular complexity index is 444. The lowest BCUT2D eigenvalue weighted by molar-refractivity contribution is 0.296. The normalized spacial score (nSPS) is 33.5. The molecule has 0 spiro atoms. The van der Waals surface area contributed by atoms with Crippen LogP contribution in [0.4, 0.5) is 0 Å². The van der Waals surface area contributed by atoms with E-state index in [1.165, 1.54) is 24.1 Å². The van der Waals surface area contributed by atoms with Gasteiger partial charge in [-0.25, -0.2) is 0 Å². The van der Waals surface area contributed by atoms with Gasteiger partial charge in [-0.3, -0.25) is 0 Å². The van der Waals surface area contributed by atoms with Crippen LogP contribution in [0.15, 0.2) is 24.3 Å². The largest absolute Gasteiger partial charge is 0.416 e. The Balaban J connectivity index is 1.93. The third-order valence-corrected chi connectivity index (χ3v) is 10.3. The molecule has 1 aromatic rings. The van der Waals surface area contributed by atoms with E-state index in [4.69, 9.17) is 16.0 Å². The van der Waals surface area contributed by atoms with Gasteiger partial charge in [-0.1, -0.05) is 37.6 Å². The van der Waals surface area contributed by atoms with E-state index < -0.39 is 8.32 Å². The van der Waals surface area contributed by atoms with Crippen LogP contribution >= 0.6 is 11.6 Å². The Morgan fingerprint density at radius 3 is 2.71 bits per heavy atom. The van der Waals surface area contributed by atoms with Gasteiger partial charge in [0.1, 0.15) is 0 Å². The molecule has 0 amide bonds. The van der Waals surface area contributed by atoms with Crippen molar-refractivity contribution in [1.29, 1.82) is 0 Å². The molecule has 0 radical (unpaired) electrons. The quantitative estimate of drug-likeness (QED) is 0.739. The minimum Gasteiger partial charge on any atom is -0.416 e. The fourth-order valence-electron chi connectivity index (χ4n) is 3.67. The standard InChI is InChI=1S/C14H19ClOSi/c1-3-17(4-2)13-9-14(13,10-16-17)11-6-5-7-12(15)8-11/h5-8,13H,3-4,9-10H2,1-2H3/t13?,14-/m0/s1. The third-order valence-electron chi connectivity index (χ3n) is 4.92. The van der Waals surface area contributed by atoms with Gasteiger partial charge < -0.3 is 4.43 Å². The van der Waals surface area contributed by atoms with Crippen LogP contribution < -0.4 is 0 Å². The summed E-state index contributed by atoms with van der Waals surface area (Å²) in [7, 11) is -1.43. The molecule has 1 saturated heterocycles. The summed E-state index contributed by atoms with van der Waals surface area (Å²) in [5.74, 6) is 0. The topological polar surface area (TPSA) is 9.23 Å². The summed E-state index contributed by atoms with van der Waals surface area (Å²) in [5.41, 5.74) is 2.58. The van der Waals surface area contributed by atoms with Crippen LogP contribution in [-0.4, -0.2) is 14.9 Å². The highest BCUT2D eigenvalue weighted by molar-refractivity contribution is 6.77. The molecule has 1 aliphatic heterocycles. The fourth-order valence-corrected chi connectivity index (χ4v) is 8.50. The first-order chi connectivity index (χ1) is 8.17. The molecule has 2 atom stereocenters. The van der Waals surface area contributed by atoms with Crippen molar-refractivity contribution in [2.24, 2.45) is 0 Å². The maximum Gasteiger partial charge on any atom is 0.196 e. The second kappa shape index (κ2) is 3.84. The molecule has 17 heavy (non-hydrogen) atoms. The highest BCUT2D eigenvalue weighted by Gasteiger charge is 2.70. The molecule has 0 N–H and O–H groups in total. The van der Waals surface area contributed by atoms with Crippen molar-refractivity contribution < 1.29 is 4.43 Å². The Hall–Kier alpha value is -0.313. The number of benzene rings is 1. The lowest BCUT2D eigenvalue weighted by Crippen LogP contribution is -2.33. The zero-order valence-corrected chi connectivity index (χ0v) is 12.3. The zero-order chi connectivity index (χ0) is 12.1. The van der Waals surface area contributed by atoms with Crippen molar-refractivity contribution in [2.45, 2.75) is 43.3 Å². The number of hydrogen-bond donors (Lipinski definition) is 0. The summed E-state index contributed by atoms with van der Waals surface area (Å²) >= 11 is 6.11. The Labute approximate surface area is 109 Å². The van der Waals surface area contributed by atoms with E-state index >= 15 is 0 Å². The fraction of sp³-hybridized carbons (Fsp3) is 0.571. The Morgan fingerprint density at radius 2 is 2.18 bits per heavy atom. The maximum absolute atomic E-state index is 6.29. The minimum atomic E-state index is -1.43. The van der Waals surface area contributed by atoms with Crippen LogP contribution in [0.2, 0.25) is 22.7 Å². The molecule has 1 saturated carbocycles. The molecule has 0 aromatic heterocycles. The molecule has 1 unspecified atom stereocenters. The second-order valence-corrected chi connectivity index (χ2v) is 10.4. The van der Waals surface area contributed by atoms with Gasteiger partial charge in [0.2, 0.25) is 0 Å². The van der Waals surface area contributed by atoms with Crippen LogP contribution in [0.1, 0.15) is 25.8 Å². The van der Waals surface area contributed by atoms with Crippen LogP contribution in [0, 0.1) is 0 Å². The van der Waals surface area contributed by atoms with E-state index in [1.807, 2.05) is 6.07 Å². The maximum atomic E-state index is 6.29. The van der Waals surface area contributed by atoms with Crippen LogP contribution in [-0.2, 0) is 9.84 Å². The van der Waals surface area contributed by atoms with Crippen LogP contribution in [0.25, 0.3) is 0 Å². The van der Waals surface area contributed by atoms with Crippen molar-refractivity contribution in [3.05, 3.63) is 34.9 Å². The number of halogens is 1. The molecule has 1 aromatic carbocycles. The lowest BCUT2D eigenvalue weighted by Gasteiger charge is -2.24. The van der Waals surface area contributed by atoms with Gasteiger partial charge >= 0.3 is 0 Å². The average molecular weight is 267 g/mol. The monoisotopic (exact) mass is 266 g/mol. The third kappa shape index (κ3) is 1.54. The highest BCUT2D eigenvalue weighted by atomic mass is 35.5. The molecule has 1 nitrogen and oxygen atoms in total.